The second-order valence-corrected chi connectivity index (χ2v) is 6.84. The molecule has 1 aliphatic rings. The number of anilines is 2. The van der Waals surface area contributed by atoms with Crippen molar-refractivity contribution in [3.05, 3.63) is 59.7 Å². The normalized spacial score (nSPS) is 26.8. The monoisotopic (exact) mass is 326 g/mol. The lowest BCUT2D eigenvalue weighted by molar-refractivity contribution is 0.0242. The van der Waals surface area contributed by atoms with Crippen LogP contribution in [0.25, 0.3) is 0 Å². The average molecular weight is 326 g/mol. The summed E-state index contributed by atoms with van der Waals surface area (Å²) in [6.07, 6.45) is -0.0910. The maximum Gasteiger partial charge on any atom is 0.0767 e. The highest BCUT2D eigenvalue weighted by atomic mass is 16.3. The molecule has 24 heavy (non-hydrogen) atoms. The first-order valence-corrected chi connectivity index (χ1v) is 8.54. The molecule has 0 bridgehead atoms. The van der Waals surface area contributed by atoms with Crippen LogP contribution < -0.4 is 10.6 Å². The fourth-order valence-electron chi connectivity index (χ4n) is 3.20. The van der Waals surface area contributed by atoms with Crippen LogP contribution in [0.3, 0.4) is 0 Å². The summed E-state index contributed by atoms with van der Waals surface area (Å²) in [6.45, 7) is 4.11. The van der Waals surface area contributed by atoms with Crippen molar-refractivity contribution in [3.8, 4) is 0 Å². The Bertz CT molecular complexity index is 597. The minimum absolute atomic E-state index is 0.0842. The lowest BCUT2D eigenvalue weighted by Gasteiger charge is -2.38. The van der Waals surface area contributed by atoms with E-state index >= 15 is 0 Å². The van der Waals surface area contributed by atoms with Gasteiger partial charge in [0.2, 0.25) is 0 Å². The Hall–Kier alpha value is -2.04. The molecule has 0 aromatic heterocycles. The molecule has 1 fully saturated rings. The molecule has 2 aromatic rings. The van der Waals surface area contributed by atoms with Crippen LogP contribution in [0.4, 0.5) is 11.4 Å². The van der Waals surface area contributed by atoms with E-state index in [0.717, 1.165) is 11.4 Å². The van der Waals surface area contributed by atoms with Crippen LogP contribution >= 0.6 is 0 Å². The Kier molecular flexibility index (Phi) is 5.07. The number of aryl methyl sites for hydroxylation is 2. The second kappa shape index (κ2) is 7.24. The van der Waals surface area contributed by atoms with E-state index in [4.69, 9.17) is 0 Å². The molecular weight excluding hydrogens is 300 g/mol. The van der Waals surface area contributed by atoms with E-state index in [1.165, 1.54) is 11.1 Å². The van der Waals surface area contributed by atoms with E-state index in [2.05, 4.69) is 48.7 Å². The topological polar surface area (TPSA) is 64.5 Å². The molecule has 0 unspecified atom stereocenters. The van der Waals surface area contributed by atoms with Gasteiger partial charge in [-0.15, -0.1) is 0 Å². The molecule has 128 valence electrons. The van der Waals surface area contributed by atoms with Gasteiger partial charge in [0.15, 0.2) is 0 Å². The van der Waals surface area contributed by atoms with E-state index in [9.17, 15) is 10.2 Å². The smallest absolute Gasteiger partial charge is 0.0767 e. The van der Waals surface area contributed by atoms with Gasteiger partial charge in [0.25, 0.3) is 0 Å². The number of hydrogen-bond acceptors (Lipinski definition) is 4. The lowest BCUT2D eigenvalue weighted by atomic mass is 9.86. The van der Waals surface area contributed by atoms with Gasteiger partial charge in [-0.05, 0) is 44.5 Å². The summed E-state index contributed by atoms with van der Waals surface area (Å²) in [5.74, 6) is 0. The summed E-state index contributed by atoms with van der Waals surface area (Å²) in [7, 11) is 0. The quantitative estimate of drug-likeness (QED) is 0.697. The third kappa shape index (κ3) is 4.08. The second-order valence-electron chi connectivity index (χ2n) is 6.84. The van der Waals surface area contributed by atoms with Crippen LogP contribution in [0.15, 0.2) is 48.5 Å². The van der Waals surface area contributed by atoms with Crippen LogP contribution in [0.5, 0.6) is 0 Å². The largest absolute Gasteiger partial charge is 0.391 e. The van der Waals surface area contributed by atoms with Crippen LogP contribution in [-0.2, 0) is 0 Å². The Morgan fingerprint density at radius 2 is 1.04 bits per heavy atom. The molecule has 0 amide bonds. The molecule has 1 saturated carbocycles. The summed E-state index contributed by atoms with van der Waals surface area (Å²) in [5.41, 5.74) is 4.41. The SMILES string of the molecule is Cc1ccc(N[C@@H]2C[C@@H](Nc3ccc(C)cc3)[C@H](O)C[C@H]2O)cc1. The van der Waals surface area contributed by atoms with Crippen molar-refractivity contribution in [3.63, 3.8) is 0 Å². The van der Waals surface area contributed by atoms with Gasteiger partial charge in [0, 0.05) is 17.8 Å². The molecule has 0 spiro atoms. The van der Waals surface area contributed by atoms with E-state index in [1.807, 2.05) is 24.3 Å². The number of rotatable bonds is 4. The molecule has 0 radical (unpaired) electrons. The highest BCUT2D eigenvalue weighted by Gasteiger charge is 2.35. The maximum absolute atomic E-state index is 10.3. The molecule has 0 aliphatic heterocycles. The Morgan fingerprint density at radius 1 is 0.667 bits per heavy atom. The van der Waals surface area contributed by atoms with E-state index in [1.54, 1.807) is 0 Å². The standard InChI is InChI=1S/C20H26N2O2/c1-13-3-7-15(8-4-13)21-17-11-18(20(24)12-19(17)23)22-16-9-5-14(2)6-10-16/h3-10,17-24H,11-12H2,1-2H3/t17-,18-,19-,20-/m1/s1. The van der Waals surface area contributed by atoms with Crippen LogP contribution in [0.2, 0.25) is 0 Å². The van der Waals surface area contributed by atoms with Crippen molar-refractivity contribution in [1.82, 2.24) is 0 Å². The van der Waals surface area contributed by atoms with Gasteiger partial charge in [0.1, 0.15) is 0 Å². The minimum atomic E-state index is -0.558. The molecule has 4 heteroatoms. The molecule has 4 atom stereocenters. The highest BCUT2D eigenvalue weighted by Crippen LogP contribution is 2.26. The van der Waals surface area contributed by atoms with Crippen molar-refractivity contribution in [2.24, 2.45) is 0 Å². The molecule has 2 aromatic carbocycles. The third-order valence-electron chi connectivity index (χ3n) is 4.73. The first kappa shape index (κ1) is 16.8. The van der Waals surface area contributed by atoms with Gasteiger partial charge in [0.05, 0.1) is 24.3 Å². The van der Waals surface area contributed by atoms with Gasteiger partial charge in [-0.1, -0.05) is 35.4 Å². The molecule has 3 rings (SSSR count). The predicted octanol–water partition coefficient (Wildman–Crippen LogP) is 3.08. The van der Waals surface area contributed by atoms with Crippen molar-refractivity contribution >= 4 is 11.4 Å². The number of benzene rings is 2. The summed E-state index contributed by atoms with van der Waals surface area (Å²) in [5, 5.41) is 27.5. The number of aliphatic hydroxyl groups excluding tert-OH is 2. The zero-order valence-electron chi connectivity index (χ0n) is 14.2. The number of nitrogens with one attached hydrogen (secondary N) is 2. The molecule has 0 heterocycles. The van der Waals surface area contributed by atoms with Gasteiger partial charge < -0.3 is 20.8 Å². The minimum Gasteiger partial charge on any atom is -0.391 e. The Labute approximate surface area is 143 Å². The predicted molar refractivity (Wildman–Crippen MR) is 98.4 cm³/mol. The summed E-state index contributed by atoms with van der Waals surface area (Å²) >= 11 is 0. The first-order chi connectivity index (χ1) is 11.5. The van der Waals surface area contributed by atoms with Crippen molar-refractivity contribution in [2.45, 2.75) is 51.0 Å². The maximum atomic E-state index is 10.3. The van der Waals surface area contributed by atoms with E-state index < -0.39 is 12.2 Å². The van der Waals surface area contributed by atoms with Gasteiger partial charge in [-0.25, -0.2) is 0 Å². The average Bonchev–Trinajstić information content (AvgIpc) is 2.56. The zero-order chi connectivity index (χ0) is 17.1. The fourth-order valence-corrected chi connectivity index (χ4v) is 3.20. The van der Waals surface area contributed by atoms with Gasteiger partial charge in [-0.2, -0.15) is 0 Å². The zero-order valence-corrected chi connectivity index (χ0v) is 14.2. The van der Waals surface area contributed by atoms with Crippen molar-refractivity contribution in [2.75, 3.05) is 10.6 Å². The number of hydrogen-bond donors (Lipinski definition) is 4. The molecular formula is C20H26N2O2. The Morgan fingerprint density at radius 3 is 1.42 bits per heavy atom. The first-order valence-electron chi connectivity index (χ1n) is 8.54. The van der Waals surface area contributed by atoms with E-state index in [-0.39, 0.29) is 12.1 Å². The Balaban J connectivity index is 1.67. The number of aliphatic hydroxyl groups is 2. The molecule has 1 aliphatic carbocycles. The molecule has 4 N–H and O–H groups in total. The van der Waals surface area contributed by atoms with E-state index in [0.29, 0.717) is 12.8 Å². The van der Waals surface area contributed by atoms with Gasteiger partial charge >= 0.3 is 0 Å². The molecule has 4 nitrogen and oxygen atoms in total. The van der Waals surface area contributed by atoms with Crippen LogP contribution in [0.1, 0.15) is 24.0 Å². The lowest BCUT2D eigenvalue weighted by Crippen LogP contribution is -2.51. The van der Waals surface area contributed by atoms with Crippen LogP contribution in [-0.4, -0.2) is 34.5 Å². The summed E-state index contributed by atoms with van der Waals surface area (Å²) in [4.78, 5) is 0. The molecule has 0 saturated heterocycles. The third-order valence-corrected chi connectivity index (χ3v) is 4.73. The van der Waals surface area contributed by atoms with Crippen molar-refractivity contribution < 1.29 is 10.2 Å². The van der Waals surface area contributed by atoms with Crippen molar-refractivity contribution in [1.29, 1.82) is 0 Å². The summed E-state index contributed by atoms with van der Waals surface area (Å²) in [6, 6.07) is 16.1. The highest BCUT2D eigenvalue weighted by molar-refractivity contribution is 5.47. The summed E-state index contributed by atoms with van der Waals surface area (Å²) < 4.78 is 0. The fraction of sp³-hybridized carbons (Fsp3) is 0.400. The van der Waals surface area contributed by atoms with Gasteiger partial charge in [-0.3, -0.25) is 0 Å². The van der Waals surface area contributed by atoms with Crippen LogP contribution in [0, 0.1) is 13.8 Å².